The quantitative estimate of drug-likeness (QED) is 0.880. The molecule has 0 saturated heterocycles. The molecule has 0 aromatic heterocycles. The Hall–Kier alpha value is -1.60. The molecule has 0 atom stereocenters. The summed E-state index contributed by atoms with van der Waals surface area (Å²) in [5.74, 6) is 0.698. The minimum absolute atomic E-state index is 0.00731. The van der Waals surface area contributed by atoms with Gasteiger partial charge in [0.15, 0.2) is 0 Å². The molecule has 3 rings (SSSR count). The molecular weight excluding hydrogens is 242 g/mol. The van der Waals surface area contributed by atoms with Crippen molar-refractivity contribution in [1.82, 2.24) is 0 Å². The van der Waals surface area contributed by atoms with E-state index in [2.05, 4.69) is 60.7 Å². The van der Waals surface area contributed by atoms with Gasteiger partial charge in [-0.25, -0.2) is 0 Å². The lowest BCUT2D eigenvalue weighted by Crippen LogP contribution is -2.45. The highest BCUT2D eigenvalue weighted by molar-refractivity contribution is 5.22. The fourth-order valence-corrected chi connectivity index (χ4v) is 3.43. The van der Waals surface area contributed by atoms with Gasteiger partial charge in [0.1, 0.15) is 0 Å². The SMILES string of the molecule is NC1(Cc2ccccc2)CCC(c2ccccc2)CC1. The Morgan fingerprint density at radius 1 is 0.850 bits per heavy atom. The van der Waals surface area contributed by atoms with Crippen molar-refractivity contribution in [2.75, 3.05) is 0 Å². The summed E-state index contributed by atoms with van der Waals surface area (Å²) in [7, 11) is 0. The molecular formula is C19H23N. The first kappa shape index (κ1) is 13.4. The minimum Gasteiger partial charge on any atom is -0.325 e. The van der Waals surface area contributed by atoms with Crippen molar-refractivity contribution in [3.63, 3.8) is 0 Å². The summed E-state index contributed by atoms with van der Waals surface area (Å²) in [6, 6.07) is 21.6. The molecule has 2 N–H and O–H groups in total. The van der Waals surface area contributed by atoms with Gasteiger partial charge in [-0.2, -0.15) is 0 Å². The van der Waals surface area contributed by atoms with E-state index in [1.54, 1.807) is 0 Å². The Labute approximate surface area is 121 Å². The second-order valence-electron chi connectivity index (χ2n) is 6.21. The van der Waals surface area contributed by atoms with Crippen LogP contribution in [0.1, 0.15) is 42.7 Å². The molecule has 0 unspecified atom stereocenters. The van der Waals surface area contributed by atoms with Crippen LogP contribution in [0.25, 0.3) is 0 Å². The third-order valence-corrected chi connectivity index (χ3v) is 4.65. The summed E-state index contributed by atoms with van der Waals surface area (Å²) in [6.45, 7) is 0. The first-order valence-electron chi connectivity index (χ1n) is 7.63. The lowest BCUT2D eigenvalue weighted by molar-refractivity contribution is 0.271. The van der Waals surface area contributed by atoms with Crippen LogP contribution in [0, 0.1) is 0 Å². The van der Waals surface area contributed by atoms with Crippen molar-refractivity contribution in [1.29, 1.82) is 0 Å². The van der Waals surface area contributed by atoms with Crippen molar-refractivity contribution in [2.45, 2.75) is 43.6 Å². The molecule has 2 aromatic rings. The molecule has 1 saturated carbocycles. The van der Waals surface area contributed by atoms with Crippen LogP contribution in [-0.2, 0) is 6.42 Å². The lowest BCUT2D eigenvalue weighted by Gasteiger charge is -2.37. The van der Waals surface area contributed by atoms with Crippen LogP contribution in [0.5, 0.6) is 0 Å². The molecule has 1 aliphatic carbocycles. The van der Waals surface area contributed by atoms with Gasteiger partial charge in [-0.3, -0.25) is 0 Å². The van der Waals surface area contributed by atoms with Gasteiger partial charge in [0.2, 0.25) is 0 Å². The molecule has 2 aromatic carbocycles. The Bertz CT molecular complexity index is 524. The molecule has 104 valence electrons. The van der Waals surface area contributed by atoms with E-state index >= 15 is 0 Å². The van der Waals surface area contributed by atoms with Gasteiger partial charge in [-0.15, -0.1) is 0 Å². The predicted molar refractivity (Wildman–Crippen MR) is 84.7 cm³/mol. The normalized spacial score (nSPS) is 26.4. The average molecular weight is 265 g/mol. The fourth-order valence-electron chi connectivity index (χ4n) is 3.43. The average Bonchev–Trinajstić information content (AvgIpc) is 2.50. The van der Waals surface area contributed by atoms with Crippen LogP contribution in [-0.4, -0.2) is 5.54 Å². The van der Waals surface area contributed by atoms with E-state index in [0.29, 0.717) is 5.92 Å². The van der Waals surface area contributed by atoms with Crippen molar-refractivity contribution >= 4 is 0 Å². The Morgan fingerprint density at radius 3 is 2.00 bits per heavy atom. The van der Waals surface area contributed by atoms with Crippen molar-refractivity contribution in [2.24, 2.45) is 5.73 Å². The van der Waals surface area contributed by atoms with Gasteiger partial charge in [0, 0.05) is 5.54 Å². The van der Waals surface area contributed by atoms with E-state index < -0.39 is 0 Å². The summed E-state index contributed by atoms with van der Waals surface area (Å²) in [6.07, 6.45) is 5.69. The van der Waals surface area contributed by atoms with Crippen molar-refractivity contribution in [3.8, 4) is 0 Å². The van der Waals surface area contributed by atoms with E-state index in [-0.39, 0.29) is 5.54 Å². The van der Waals surface area contributed by atoms with Gasteiger partial charge in [-0.1, -0.05) is 60.7 Å². The maximum Gasteiger partial charge on any atom is 0.0195 e. The Balaban J connectivity index is 1.63. The lowest BCUT2D eigenvalue weighted by atomic mass is 9.72. The zero-order valence-corrected chi connectivity index (χ0v) is 12.0. The smallest absolute Gasteiger partial charge is 0.0195 e. The second-order valence-corrected chi connectivity index (χ2v) is 6.21. The molecule has 1 heteroatoms. The maximum atomic E-state index is 6.63. The van der Waals surface area contributed by atoms with Crippen molar-refractivity contribution in [3.05, 3.63) is 71.8 Å². The van der Waals surface area contributed by atoms with Crippen LogP contribution >= 0.6 is 0 Å². The Morgan fingerprint density at radius 2 is 1.40 bits per heavy atom. The standard InChI is InChI=1S/C19H23N/c20-19(15-16-7-3-1-4-8-16)13-11-18(12-14-19)17-9-5-2-6-10-17/h1-10,18H,11-15,20H2. The Kier molecular flexibility index (Phi) is 3.88. The van der Waals surface area contributed by atoms with Crippen LogP contribution in [0.3, 0.4) is 0 Å². The molecule has 0 aliphatic heterocycles. The van der Waals surface area contributed by atoms with Crippen molar-refractivity contribution < 1.29 is 0 Å². The fraction of sp³-hybridized carbons (Fsp3) is 0.368. The number of hydrogen-bond donors (Lipinski definition) is 1. The highest BCUT2D eigenvalue weighted by Gasteiger charge is 2.32. The number of rotatable bonds is 3. The first-order chi connectivity index (χ1) is 9.75. The summed E-state index contributed by atoms with van der Waals surface area (Å²) < 4.78 is 0. The zero-order chi connectivity index (χ0) is 13.8. The number of nitrogens with two attached hydrogens (primary N) is 1. The van der Waals surface area contributed by atoms with Gasteiger partial charge in [0.25, 0.3) is 0 Å². The van der Waals surface area contributed by atoms with E-state index in [1.165, 1.54) is 24.0 Å². The molecule has 0 spiro atoms. The molecule has 1 nitrogen and oxygen atoms in total. The summed E-state index contributed by atoms with van der Waals surface area (Å²) in [5.41, 5.74) is 9.47. The molecule has 1 aliphatic rings. The van der Waals surface area contributed by atoms with Gasteiger partial charge in [0.05, 0.1) is 0 Å². The van der Waals surface area contributed by atoms with Gasteiger partial charge in [-0.05, 0) is 49.1 Å². The third-order valence-electron chi connectivity index (χ3n) is 4.65. The zero-order valence-electron chi connectivity index (χ0n) is 12.0. The molecule has 0 amide bonds. The largest absolute Gasteiger partial charge is 0.325 e. The number of hydrogen-bond acceptors (Lipinski definition) is 1. The predicted octanol–water partition coefficient (Wildman–Crippen LogP) is 4.28. The van der Waals surface area contributed by atoms with E-state index in [0.717, 1.165) is 19.3 Å². The minimum atomic E-state index is -0.00731. The molecule has 0 bridgehead atoms. The second kappa shape index (κ2) is 5.80. The third kappa shape index (κ3) is 3.10. The van der Waals surface area contributed by atoms with E-state index in [4.69, 9.17) is 5.73 Å². The first-order valence-corrected chi connectivity index (χ1v) is 7.63. The maximum absolute atomic E-state index is 6.63. The van der Waals surface area contributed by atoms with E-state index in [1.807, 2.05) is 0 Å². The highest BCUT2D eigenvalue weighted by Crippen LogP contribution is 2.38. The number of benzene rings is 2. The van der Waals surface area contributed by atoms with Crippen LogP contribution in [0.2, 0.25) is 0 Å². The van der Waals surface area contributed by atoms with Crippen LogP contribution < -0.4 is 5.73 Å². The summed E-state index contributed by atoms with van der Waals surface area (Å²) in [5, 5.41) is 0. The van der Waals surface area contributed by atoms with Gasteiger partial charge >= 0.3 is 0 Å². The summed E-state index contributed by atoms with van der Waals surface area (Å²) in [4.78, 5) is 0. The van der Waals surface area contributed by atoms with Crippen LogP contribution in [0.15, 0.2) is 60.7 Å². The van der Waals surface area contributed by atoms with E-state index in [9.17, 15) is 0 Å². The molecule has 20 heavy (non-hydrogen) atoms. The molecule has 1 fully saturated rings. The highest BCUT2D eigenvalue weighted by atomic mass is 14.7. The van der Waals surface area contributed by atoms with Crippen LogP contribution in [0.4, 0.5) is 0 Å². The summed E-state index contributed by atoms with van der Waals surface area (Å²) >= 11 is 0. The molecule has 0 heterocycles. The topological polar surface area (TPSA) is 26.0 Å². The monoisotopic (exact) mass is 265 g/mol. The van der Waals surface area contributed by atoms with Gasteiger partial charge < -0.3 is 5.73 Å². The molecule has 0 radical (unpaired) electrons.